The molecule has 0 atom stereocenters. The maximum absolute atomic E-state index is 11.3. The minimum Gasteiger partial charge on any atom is -0.860 e. The molecule has 0 unspecified atom stereocenters. The molecular formula is C14H19N3O4S. The molecule has 1 saturated heterocycles. The summed E-state index contributed by atoms with van der Waals surface area (Å²) in [6.45, 7) is 6.05. The summed E-state index contributed by atoms with van der Waals surface area (Å²) in [5, 5.41) is 19.9. The van der Waals surface area contributed by atoms with E-state index < -0.39 is 11.8 Å². The van der Waals surface area contributed by atoms with Crippen LogP contribution in [-0.4, -0.2) is 50.9 Å². The number of hydrogen-bond donors (Lipinski definition) is 2. The number of ether oxygens (including phenoxy) is 2. The molecule has 1 fully saturated rings. The number of morpholine rings is 1. The summed E-state index contributed by atoms with van der Waals surface area (Å²) in [4.78, 5) is 15.1. The number of quaternary nitrogens is 1. The van der Waals surface area contributed by atoms with Gasteiger partial charge in [0.2, 0.25) is 0 Å². The molecule has 0 radical (unpaired) electrons. The monoisotopic (exact) mass is 325 g/mol. The highest BCUT2D eigenvalue weighted by atomic mass is 32.1. The Morgan fingerprint density at radius 1 is 1.59 bits per heavy atom. The molecule has 1 aromatic rings. The van der Waals surface area contributed by atoms with Crippen LogP contribution in [0.15, 0.2) is 6.07 Å². The quantitative estimate of drug-likeness (QED) is 0.556. The summed E-state index contributed by atoms with van der Waals surface area (Å²) in [6, 6.07) is 2.92. The molecule has 8 heteroatoms. The first-order valence-corrected chi connectivity index (χ1v) is 7.31. The Balaban J connectivity index is 0.000000287. The van der Waals surface area contributed by atoms with Crippen LogP contribution in [-0.2, 0) is 9.47 Å². The number of carbonyl (C=O) groups is 1. The first-order chi connectivity index (χ1) is 10.5. The lowest BCUT2D eigenvalue weighted by Gasteiger charge is -2.18. The number of esters is 1. The van der Waals surface area contributed by atoms with Crippen molar-refractivity contribution in [3.63, 3.8) is 0 Å². The molecular weight excluding hydrogens is 306 g/mol. The predicted octanol–water partition coefficient (Wildman–Crippen LogP) is -0.603. The number of nitriles is 1. The average Bonchev–Trinajstić information content (AvgIpc) is 2.49. The van der Waals surface area contributed by atoms with Crippen molar-refractivity contribution < 1.29 is 24.3 Å². The van der Waals surface area contributed by atoms with E-state index >= 15 is 0 Å². The van der Waals surface area contributed by atoms with Crippen molar-refractivity contribution in [2.24, 2.45) is 0 Å². The van der Waals surface area contributed by atoms with Crippen LogP contribution in [0.5, 0.6) is 5.88 Å². The first-order valence-electron chi connectivity index (χ1n) is 6.90. The average molecular weight is 325 g/mol. The first kappa shape index (κ1) is 18.1. The van der Waals surface area contributed by atoms with E-state index in [-0.39, 0.29) is 22.4 Å². The summed E-state index contributed by atoms with van der Waals surface area (Å²) >= 11 is 4.72. The van der Waals surface area contributed by atoms with Gasteiger partial charge in [0, 0.05) is 0 Å². The van der Waals surface area contributed by atoms with Crippen LogP contribution in [0.25, 0.3) is 0 Å². The fraction of sp³-hybridized carbons (Fsp3) is 0.500. The van der Waals surface area contributed by atoms with E-state index in [4.69, 9.17) is 22.2 Å². The van der Waals surface area contributed by atoms with Gasteiger partial charge in [-0.3, -0.25) is 0 Å². The number of rotatable bonds is 2. The second-order valence-electron chi connectivity index (χ2n) is 4.66. The van der Waals surface area contributed by atoms with E-state index in [0.717, 1.165) is 19.3 Å². The lowest BCUT2D eigenvalue weighted by Crippen LogP contribution is -3.11. The van der Waals surface area contributed by atoms with Gasteiger partial charge in [-0.2, -0.15) is 5.26 Å². The molecule has 22 heavy (non-hydrogen) atoms. The molecule has 0 aliphatic carbocycles. The number of pyridine rings is 1. The number of H-pyrrole nitrogens is 1. The Hall–Kier alpha value is -1.95. The SMILES string of the molecule is CCOC(=O)c1cc(C#N)c(=S)[nH]c1[O-].C[NH+]1CCOCC1. The molecule has 1 aliphatic rings. The van der Waals surface area contributed by atoms with Crippen LogP contribution in [0.1, 0.15) is 22.8 Å². The van der Waals surface area contributed by atoms with Gasteiger partial charge in [-0.1, -0.05) is 12.2 Å². The molecule has 0 saturated carbocycles. The van der Waals surface area contributed by atoms with Crippen molar-refractivity contribution in [1.82, 2.24) is 4.98 Å². The zero-order valence-corrected chi connectivity index (χ0v) is 13.4. The van der Waals surface area contributed by atoms with E-state index in [1.807, 2.05) is 0 Å². The largest absolute Gasteiger partial charge is 0.860 e. The number of nitrogens with zero attached hydrogens (tertiary/aromatic N) is 1. The molecule has 0 bridgehead atoms. The van der Waals surface area contributed by atoms with E-state index in [9.17, 15) is 9.90 Å². The molecule has 1 aliphatic heterocycles. The van der Waals surface area contributed by atoms with Crippen molar-refractivity contribution in [2.45, 2.75) is 6.92 Å². The Kier molecular flexibility index (Phi) is 7.52. The molecule has 7 nitrogen and oxygen atoms in total. The maximum atomic E-state index is 11.3. The van der Waals surface area contributed by atoms with Crippen molar-refractivity contribution in [2.75, 3.05) is 40.0 Å². The van der Waals surface area contributed by atoms with E-state index in [1.54, 1.807) is 17.9 Å². The number of aromatic amines is 1. The highest BCUT2D eigenvalue weighted by Gasteiger charge is 2.10. The van der Waals surface area contributed by atoms with Gasteiger partial charge in [0.1, 0.15) is 23.8 Å². The van der Waals surface area contributed by atoms with E-state index in [2.05, 4.69) is 16.8 Å². The predicted molar refractivity (Wildman–Crippen MR) is 79.2 cm³/mol. The van der Waals surface area contributed by atoms with E-state index in [1.165, 1.54) is 13.1 Å². The molecule has 2 rings (SSSR count). The smallest absolute Gasteiger partial charge is 0.339 e. The third-order valence-electron chi connectivity index (χ3n) is 2.97. The van der Waals surface area contributed by atoms with Crippen LogP contribution in [0.4, 0.5) is 0 Å². The van der Waals surface area contributed by atoms with Crippen LogP contribution >= 0.6 is 12.2 Å². The summed E-state index contributed by atoms with van der Waals surface area (Å²) in [6.07, 6.45) is 0. The lowest BCUT2D eigenvalue weighted by molar-refractivity contribution is -0.888. The highest BCUT2D eigenvalue weighted by Crippen LogP contribution is 2.14. The normalized spacial score (nSPS) is 14.4. The third-order valence-corrected chi connectivity index (χ3v) is 3.29. The number of aromatic nitrogens is 1. The van der Waals surface area contributed by atoms with Gasteiger partial charge in [-0.15, -0.1) is 0 Å². The topological polar surface area (TPSA) is 103 Å². The standard InChI is InChI=1S/C9H8N2O3S.C5H11NO/c1-2-14-9(13)6-3-5(4-10)8(15)11-7(6)12;1-6-2-4-7-5-3-6/h3H,2H2,1H3,(H2,11,12,15);2-5H2,1H3. The summed E-state index contributed by atoms with van der Waals surface area (Å²) in [7, 11) is 2.20. The van der Waals surface area contributed by atoms with Crippen LogP contribution in [0, 0.1) is 16.0 Å². The van der Waals surface area contributed by atoms with Crippen molar-refractivity contribution in [3.8, 4) is 11.9 Å². The lowest BCUT2D eigenvalue weighted by atomic mass is 10.2. The van der Waals surface area contributed by atoms with Gasteiger partial charge in [-0.05, 0) is 18.9 Å². The van der Waals surface area contributed by atoms with Gasteiger partial charge in [0.15, 0.2) is 0 Å². The van der Waals surface area contributed by atoms with E-state index in [0.29, 0.717) is 0 Å². The Morgan fingerprint density at radius 2 is 2.23 bits per heavy atom. The molecule has 1 aromatic heterocycles. The minimum atomic E-state index is -0.759. The number of nitrogens with one attached hydrogen (secondary N) is 2. The van der Waals surface area contributed by atoms with Crippen molar-refractivity contribution >= 4 is 18.2 Å². The van der Waals surface area contributed by atoms with Gasteiger partial charge in [0.05, 0.1) is 38.0 Å². The Morgan fingerprint density at radius 3 is 2.68 bits per heavy atom. The molecule has 2 heterocycles. The van der Waals surface area contributed by atoms with Gasteiger partial charge in [0.25, 0.3) is 0 Å². The molecule has 2 N–H and O–H groups in total. The van der Waals surface area contributed by atoms with Crippen molar-refractivity contribution in [1.29, 1.82) is 5.26 Å². The maximum Gasteiger partial charge on any atom is 0.339 e. The minimum absolute atomic E-state index is 0.0237. The third kappa shape index (κ3) is 5.44. The van der Waals surface area contributed by atoms with Gasteiger partial charge in [-0.25, -0.2) is 4.79 Å². The number of likely N-dealkylation sites (N-methyl/N-ethyl adjacent to an activating group) is 1. The highest BCUT2D eigenvalue weighted by molar-refractivity contribution is 7.71. The van der Waals surface area contributed by atoms with Gasteiger partial charge < -0.3 is 24.5 Å². The zero-order chi connectivity index (χ0) is 16.5. The Labute approximate surface area is 134 Å². The summed E-state index contributed by atoms with van der Waals surface area (Å²) in [5.74, 6) is -1.40. The second-order valence-corrected chi connectivity index (χ2v) is 5.06. The van der Waals surface area contributed by atoms with Crippen molar-refractivity contribution in [3.05, 3.63) is 21.8 Å². The zero-order valence-electron chi connectivity index (χ0n) is 12.6. The molecule has 0 aromatic carbocycles. The fourth-order valence-electron chi connectivity index (χ4n) is 1.68. The number of carbonyl (C=O) groups excluding carboxylic acids is 1. The van der Waals surface area contributed by atoms with Crippen LogP contribution in [0.3, 0.4) is 0 Å². The van der Waals surface area contributed by atoms with Gasteiger partial charge >= 0.3 is 5.97 Å². The molecule has 0 spiro atoms. The van der Waals surface area contributed by atoms with Crippen LogP contribution < -0.4 is 10.0 Å². The summed E-state index contributed by atoms with van der Waals surface area (Å²) < 4.78 is 9.79. The molecule has 0 amide bonds. The summed E-state index contributed by atoms with van der Waals surface area (Å²) in [5.41, 5.74) is -0.130. The second kappa shape index (κ2) is 9.15. The fourth-order valence-corrected chi connectivity index (χ4v) is 1.87. The van der Waals surface area contributed by atoms with Crippen LogP contribution in [0.2, 0.25) is 0 Å². The number of hydrogen-bond acceptors (Lipinski definition) is 6. The Bertz CT molecular complexity index is 603. The molecule has 120 valence electrons.